The van der Waals surface area contributed by atoms with Crippen LogP contribution >= 0.6 is 23.2 Å². The molecule has 5 nitrogen and oxygen atoms in total. The third-order valence-electron chi connectivity index (χ3n) is 2.46. The third kappa shape index (κ3) is 3.26. The predicted octanol–water partition coefficient (Wildman–Crippen LogP) is 2.74. The Morgan fingerprint density at radius 2 is 1.85 bits per heavy atom. The van der Waals surface area contributed by atoms with Gasteiger partial charge in [-0.25, -0.2) is 0 Å². The summed E-state index contributed by atoms with van der Waals surface area (Å²) in [4.78, 5) is 26.6. The van der Waals surface area contributed by atoms with Crippen LogP contribution in [-0.2, 0) is 0 Å². The summed E-state index contributed by atoms with van der Waals surface area (Å²) in [6.07, 6.45) is 1.27. The zero-order chi connectivity index (χ0) is 14.7. The fraction of sp³-hybridized carbons (Fsp3) is 0. The summed E-state index contributed by atoms with van der Waals surface area (Å²) in [6, 6.07) is 7.57. The van der Waals surface area contributed by atoms with Crippen LogP contribution in [0.4, 0.5) is 5.69 Å². The lowest BCUT2D eigenvalue weighted by Crippen LogP contribution is -2.15. The summed E-state index contributed by atoms with van der Waals surface area (Å²) >= 11 is 11.6. The maximum atomic E-state index is 11.9. The van der Waals surface area contributed by atoms with Gasteiger partial charge in [-0.1, -0.05) is 23.2 Å². The van der Waals surface area contributed by atoms with E-state index < -0.39 is 5.91 Å². The highest BCUT2D eigenvalue weighted by molar-refractivity contribution is 6.42. The van der Waals surface area contributed by atoms with Gasteiger partial charge in [0, 0.05) is 11.9 Å². The smallest absolute Gasteiger partial charge is 0.267 e. The van der Waals surface area contributed by atoms with Gasteiger partial charge in [0.1, 0.15) is 5.69 Å². The van der Waals surface area contributed by atoms with Crippen LogP contribution in [0.1, 0.15) is 20.8 Å². The Balaban J connectivity index is 2.15. The van der Waals surface area contributed by atoms with Crippen LogP contribution in [0.25, 0.3) is 0 Å². The molecule has 2 aromatic rings. The number of anilines is 1. The monoisotopic (exact) mass is 309 g/mol. The van der Waals surface area contributed by atoms with Gasteiger partial charge in [-0.05, 0) is 30.3 Å². The second kappa shape index (κ2) is 5.90. The number of aromatic nitrogens is 1. The highest BCUT2D eigenvalue weighted by Gasteiger charge is 2.09. The lowest BCUT2D eigenvalue weighted by molar-refractivity contribution is 0.0990. The highest BCUT2D eigenvalue weighted by atomic mass is 35.5. The maximum absolute atomic E-state index is 11.9. The lowest BCUT2D eigenvalue weighted by Gasteiger charge is -2.06. The van der Waals surface area contributed by atoms with Gasteiger partial charge >= 0.3 is 0 Å². The zero-order valence-corrected chi connectivity index (χ0v) is 11.6. The zero-order valence-electron chi connectivity index (χ0n) is 10.1. The molecule has 0 aliphatic carbocycles. The molecule has 3 N–H and O–H groups in total. The van der Waals surface area contributed by atoms with Crippen molar-refractivity contribution in [2.45, 2.75) is 0 Å². The number of amides is 2. The minimum atomic E-state index is -0.651. The second-order valence-corrected chi connectivity index (χ2v) is 4.69. The first-order valence-corrected chi connectivity index (χ1v) is 6.25. The average molecular weight is 310 g/mol. The predicted molar refractivity (Wildman–Crippen MR) is 77.2 cm³/mol. The molecular formula is C13H9Cl2N3O2. The first kappa shape index (κ1) is 14.3. The van der Waals surface area contributed by atoms with Crippen LogP contribution in [-0.4, -0.2) is 16.8 Å². The topological polar surface area (TPSA) is 85.1 Å². The minimum absolute atomic E-state index is 0.0936. The van der Waals surface area contributed by atoms with Gasteiger partial charge in [0.05, 0.1) is 15.6 Å². The molecule has 2 amide bonds. The number of nitrogens with one attached hydrogen (secondary N) is 1. The molecular weight excluding hydrogens is 301 g/mol. The van der Waals surface area contributed by atoms with Crippen molar-refractivity contribution in [2.75, 3.05) is 5.32 Å². The molecule has 1 aromatic carbocycles. The number of halogens is 2. The van der Waals surface area contributed by atoms with Crippen molar-refractivity contribution >= 4 is 40.7 Å². The van der Waals surface area contributed by atoms with Crippen LogP contribution in [0.3, 0.4) is 0 Å². The van der Waals surface area contributed by atoms with E-state index in [0.29, 0.717) is 21.3 Å². The summed E-state index contributed by atoms with van der Waals surface area (Å²) in [5, 5.41) is 3.38. The SMILES string of the molecule is NC(=O)c1ccc(C(=O)Nc2ccc(Cl)c(Cl)c2)cn1. The number of benzene rings is 1. The Hall–Kier alpha value is -2.11. The van der Waals surface area contributed by atoms with E-state index in [4.69, 9.17) is 28.9 Å². The standard InChI is InChI=1S/C13H9Cl2N3O2/c14-9-3-2-8(5-10(9)15)18-13(20)7-1-4-11(12(16)19)17-6-7/h1-6H,(H2,16,19)(H,18,20). The van der Waals surface area contributed by atoms with Crippen molar-refractivity contribution in [1.29, 1.82) is 0 Å². The molecule has 2 rings (SSSR count). The Morgan fingerprint density at radius 1 is 1.10 bits per heavy atom. The number of hydrogen-bond donors (Lipinski definition) is 2. The van der Waals surface area contributed by atoms with Crippen LogP contribution in [0, 0.1) is 0 Å². The van der Waals surface area contributed by atoms with Crippen LogP contribution < -0.4 is 11.1 Å². The van der Waals surface area contributed by atoms with E-state index in [1.807, 2.05) is 0 Å². The van der Waals surface area contributed by atoms with Gasteiger partial charge in [-0.2, -0.15) is 0 Å². The van der Waals surface area contributed by atoms with Crippen molar-refractivity contribution in [2.24, 2.45) is 5.73 Å². The molecule has 1 heterocycles. The molecule has 0 saturated heterocycles. The molecule has 0 aliphatic heterocycles. The van der Waals surface area contributed by atoms with Gasteiger partial charge in [0.2, 0.25) is 0 Å². The molecule has 0 fully saturated rings. The van der Waals surface area contributed by atoms with Crippen molar-refractivity contribution in [1.82, 2.24) is 4.98 Å². The molecule has 0 bridgehead atoms. The molecule has 0 spiro atoms. The van der Waals surface area contributed by atoms with E-state index in [2.05, 4.69) is 10.3 Å². The summed E-state index contributed by atoms with van der Waals surface area (Å²) in [5.74, 6) is -1.03. The van der Waals surface area contributed by atoms with E-state index in [-0.39, 0.29) is 11.6 Å². The van der Waals surface area contributed by atoms with Crippen LogP contribution in [0.5, 0.6) is 0 Å². The second-order valence-electron chi connectivity index (χ2n) is 3.88. The van der Waals surface area contributed by atoms with Crippen molar-refractivity contribution < 1.29 is 9.59 Å². The number of rotatable bonds is 3. The van der Waals surface area contributed by atoms with E-state index in [0.717, 1.165) is 0 Å². The molecule has 0 atom stereocenters. The molecule has 7 heteroatoms. The quantitative estimate of drug-likeness (QED) is 0.914. The number of nitrogens with zero attached hydrogens (tertiary/aromatic N) is 1. The first-order chi connectivity index (χ1) is 9.47. The van der Waals surface area contributed by atoms with Crippen molar-refractivity contribution in [3.8, 4) is 0 Å². The molecule has 0 saturated carbocycles. The van der Waals surface area contributed by atoms with Crippen LogP contribution in [0.2, 0.25) is 10.0 Å². The Bertz CT molecular complexity index is 672. The van der Waals surface area contributed by atoms with E-state index >= 15 is 0 Å². The number of carbonyl (C=O) groups is 2. The number of primary amides is 1. The van der Waals surface area contributed by atoms with E-state index in [1.165, 1.54) is 24.4 Å². The van der Waals surface area contributed by atoms with Crippen molar-refractivity contribution in [3.63, 3.8) is 0 Å². The van der Waals surface area contributed by atoms with Gasteiger partial charge in [-0.3, -0.25) is 14.6 Å². The number of hydrogen-bond acceptors (Lipinski definition) is 3. The van der Waals surface area contributed by atoms with Crippen LogP contribution in [0.15, 0.2) is 36.5 Å². The normalized spacial score (nSPS) is 10.1. The van der Waals surface area contributed by atoms with Gasteiger partial charge in [0.25, 0.3) is 11.8 Å². The Kier molecular flexibility index (Phi) is 4.22. The summed E-state index contributed by atoms with van der Waals surface area (Å²) in [5.41, 5.74) is 5.95. The first-order valence-electron chi connectivity index (χ1n) is 5.49. The maximum Gasteiger partial charge on any atom is 0.267 e. The summed E-state index contributed by atoms with van der Waals surface area (Å²) in [7, 11) is 0. The lowest BCUT2D eigenvalue weighted by atomic mass is 10.2. The minimum Gasteiger partial charge on any atom is -0.364 e. The number of carbonyl (C=O) groups excluding carboxylic acids is 2. The van der Waals surface area contributed by atoms with Gasteiger partial charge < -0.3 is 11.1 Å². The van der Waals surface area contributed by atoms with E-state index in [1.54, 1.807) is 12.1 Å². The van der Waals surface area contributed by atoms with E-state index in [9.17, 15) is 9.59 Å². The number of nitrogens with two attached hydrogens (primary N) is 1. The molecule has 20 heavy (non-hydrogen) atoms. The summed E-state index contributed by atoms with van der Waals surface area (Å²) < 4.78 is 0. The molecule has 1 aromatic heterocycles. The van der Waals surface area contributed by atoms with Gasteiger partial charge in [0.15, 0.2) is 0 Å². The molecule has 0 unspecified atom stereocenters. The van der Waals surface area contributed by atoms with Crippen molar-refractivity contribution in [3.05, 3.63) is 57.8 Å². The molecule has 0 aliphatic rings. The molecule has 102 valence electrons. The fourth-order valence-corrected chi connectivity index (χ4v) is 1.75. The summed E-state index contributed by atoms with van der Waals surface area (Å²) in [6.45, 7) is 0. The van der Waals surface area contributed by atoms with Gasteiger partial charge in [-0.15, -0.1) is 0 Å². The largest absolute Gasteiger partial charge is 0.364 e. The highest BCUT2D eigenvalue weighted by Crippen LogP contribution is 2.25. The fourth-order valence-electron chi connectivity index (χ4n) is 1.45. The average Bonchev–Trinajstić information content (AvgIpc) is 2.43. The number of pyridine rings is 1. The Morgan fingerprint density at radius 3 is 2.40 bits per heavy atom. The molecule has 0 radical (unpaired) electrons. The third-order valence-corrected chi connectivity index (χ3v) is 3.19. The Labute approximate surface area is 124 Å².